The number of hydrogen-bond donors (Lipinski definition) is 3. The third-order valence-electron chi connectivity index (χ3n) is 4.63. The molecule has 0 saturated heterocycles. The Morgan fingerprint density at radius 2 is 1.93 bits per heavy atom. The number of aliphatic hydroxyl groups excluding tert-OH is 1. The lowest BCUT2D eigenvalue weighted by Gasteiger charge is -2.16. The Labute approximate surface area is 176 Å². The Morgan fingerprint density at radius 3 is 2.62 bits per heavy atom. The molecule has 0 radical (unpaired) electrons. The summed E-state index contributed by atoms with van der Waals surface area (Å²) in [5.41, 5.74) is 3.62. The van der Waals surface area contributed by atoms with E-state index < -0.39 is 0 Å². The van der Waals surface area contributed by atoms with Crippen molar-refractivity contribution in [1.82, 2.24) is 0 Å². The molecule has 2 heterocycles. The molecule has 6 nitrogen and oxygen atoms in total. The summed E-state index contributed by atoms with van der Waals surface area (Å²) >= 11 is 7.12. The molecule has 29 heavy (non-hydrogen) atoms. The van der Waals surface area contributed by atoms with Crippen molar-refractivity contribution in [1.29, 1.82) is 0 Å². The van der Waals surface area contributed by atoms with Crippen LogP contribution in [0.1, 0.15) is 25.6 Å². The van der Waals surface area contributed by atoms with Crippen molar-refractivity contribution in [2.45, 2.75) is 6.54 Å². The van der Waals surface area contributed by atoms with E-state index >= 15 is 0 Å². The molecule has 0 fully saturated rings. The summed E-state index contributed by atoms with van der Waals surface area (Å²) in [5.74, 6) is -0.355. The number of thiophene rings is 1. The van der Waals surface area contributed by atoms with Crippen LogP contribution in [0.3, 0.4) is 0 Å². The first kappa shape index (κ1) is 19.4. The van der Waals surface area contributed by atoms with Crippen LogP contribution in [0, 0.1) is 0 Å². The minimum atomic E-state index is -0.250. The highest BCUT2D eigenvalue weighted by Gasteiger charge is 2.30. The molecule has 1 aromatic heterocycles. The Hall–Kier alpha value is -2.87. The normalized spacial score (nSPS) is 12.8. The summed E-state index contributed by atoms with van der Waals surface area (Å²) < 4.78 is 0.548. The van der Waals surface area contributed by atoms with E-state index in [-0.39, 0.29) is 18.4 Å². The third-order valence-corrected chi connectivity index (χ3v) is 5.86. The summed E-state index contributed by atoms with van der Waals surface area (Å²) in [6.07, 6.45) is 0. The molecule has 3 aromatic rings. The summed E-state index contributed by atoms with van der Waals surface area (Å²) in [6, 6.07) is 16.1. The van der Waals surface area contributed by atoms with E-state index in [2.05, 4.69) is 10.6 Å². The smallest absolute Gasteiger partial charge is 0.265 e. The number of nitrogens with zero attached hydrogens (tertiary/aromatic N) is 1. The zero-order chi connectivity index (χ0) is 20.4. The van der Waals surface area contributed by atoms with Crippen molar-refractivity contribution in [3.8, 4) is 0 Å². The van der Waals surface area contributed by atoms with Crippen LogP contribution in [0.25, 0.3) is 0 Å². The van der Waals surface area contributed by atoms with Crippen LogP contribution in [0.2, 0.25) is 4.34 Å². The van der Waals surface area contributed by atoms with Gasteiger partial charge in [-0.2, -0.15) is 0 Å². The average molecular weight is 428 g/mol. The Morgan fingerprint density at radius 1 is 1.14 bits per heavy atom. The maximum absolute atomic E-state index is 12.9. The zero-order valence-corrected chi connectivity index (χ0v) is 16.9. The first-order valence-corrected chi connectivity index (χ1v) is 10.2. The zero-order valence-electron chi connectivity index (χ0n) is 15.3. The van der Waals surface area contributed by atoms with Crippen molar-refractivity contribution in [2.75, 3.05) is 28.7 Å². The van der Waals surface area contributed by atoms with Gasteiger partial charge in [0.2, 0.25) is 0 Å². The maximum Gasteiger partial charge on any atom is 0.265 e. The van der Waals surface area contributed by atoms with Gasteiger partial charge >= 0.3 is 0 Å². The van der Waals surface area contributed by atoms with Crippen LogP contribution in [0.15, 0.2) is 54.6 Å². The number of nitrogens with one attached hydrogen (secondary N) is 2. The van der Waals surface area contributed by atoms with Crippen LogP contribution in [-0.4, -0.2) is 30.1 Å². The lowest BCUT2D eigenvalue weighted by Crippen LogP contribution is -2.23. The highest BCUT2D eigenvalue weighted by molar-refractivity contribution is 7.18. The molecule has 3 N–H and O–H groups in total. The molecular weight excluding hydrogens is 410 g/mol. The molecule has 0 atom stereocenters. The monoisotopic (exact) mass is 427 g/mol. The van der Waals surface area contributed by atoms with Crippen molar-refractivity contribution in [2.24, 2.45) is 0 Å². The molecule has 1 aliphatic heterocycles. The molecule has 0 spiro atoms. The molecule has 8 heteroatoms. The fourth-order valence-corrected chi connectivity index (χ4v) is 4.18. The molecule has 0 unspecified atom stereocenters. The fourth-order valence-electron chi connectivity index (χ4n) is 3.24. The largest absolute Gasteiger partial charge is 0.395 e. The lowest BCUT2D eigenvalue weighted by molar-refractivity contribution is 0.0994. The summed E-state index contributed by atoms with van der Waals surface area (Å²) in [7, 11) is 0. The quantitative estimate of drug-likeness (QED) is 0.550. The number of aliphatic hydroxyl groups is 1. The number of carbonyl (C=O) groups is 2. The van der Waals surface area contributed by atoms with Gasteiger partial charge in [0.25, 0.3) is 11.8 Å². The second-order valence-corrected chi connectivity index (χ2v) is 8.19. The van der Waals surface area contributed by atoms with Crippen LogP contribution in [-0.2, 0) is 6.54 Å². The Kier molecular flexibility index (Phi) is 5.53. The predicted octanol–water partition coefficient (Wildman–Crippen LogP) is 4.22. The number of halogens is 1. The molecule has 0 saturated carbocycles. The summed E-state index contributed by atoms with van der Waals surface area (Å²) in [5, 5.41) is 14.9. The van der Waals surface area contributed by atoms with Gasteiger partial charge in [0.05, 0.1) is 22.4 Å². The highest BCUT2D eigenvalue weighted by Crippen LogP contribution is 2.34. The molecular formula is C21H18ClN3O3S. The Balaban J connectivity index is 1.55. The second-order valence-electron chi connectivity index (χ2n) is 6.48. The van der Waals surface area contributed by atoms with Gasteiger partial charge in [-0.15, -0.1) is 11.3 Å². The number of amides is 2. The van der Waals surface area contributed by atoms with Gasteiger partial charge in [-0.25, -0.2) is 0 Å². The van der Waals surface area contributed by atoms with E-state index in [0.717, 1.165) is 16.9 Å². The van der Waals surface area contributed by atoms with Gasteiger partial charge in [0.1, 0.15) is 0 Å². The minimum absolute atomic E-state index is 0.0495. The van der Waals surface area contributed by atoms with E-state index in [1.165, 1.54) is 11.3 Å². The number of anilines is 3. The van der Waals surface area contributed by atoms with E-state index in [0.29, 0.717) is 33.6 Å². The number of fused-ring (bicyclic) bond motifs is 1. The number of hydrogen-bond acceptors (Lipinski definition) is 5. The van der Waals surface area contributed by atoms with Gasteiger partial charge < -0.3 is 20.6 Å². The SMILES string of the molecule is O=C(Nc1cccc2c1CN(c1ccc(NCCO)cc1)C2=O)c1ccc(Cl)s1. The van der Waals surface area contributed by atoms with Crippen molar-refractivity contribution < 1.29 is 14.7 Å². The van der Waals surface area contributed by atoms with Crippen LogP contribution < -0.4 is 15.5 Å². The van der Waals surface area contributed by atoms with Gasteiger partial charge in [-0.3, -0.25) is 9.59 Å². The van der Waals surface area contributed by atoms with Crippen LogP contribution in [0.5, 0.6) is 0 Å². The molecule has 0 aliphatic carbocycles. The van der Waals surface area contributed by atoms with Crippen LogP contribution >= 0.6 is 22.9 Å². The summed E-state index contributed by atoms with van der Waals surface area (Å²) in [4.78, 5) is 27.6. The minimum Gasteiger partial charge on any atom is -0.395 e. The van der Waals surface area contributed by atoms with Crippen molar-refractivity contribution >= 4 is 51.8 Å². The standard InChI is InChI=1S/C21H18ClN3O3S/c22-19-9-8-18(29-19)20(27)24-17-3-1-2-15-16(17)12-25(21(15)28)14-6-4-13(5-7-14)23-10-11-26/h1-9,23,26H,10-12H2,(H,24,27). The first-order valence-electron chi connectivity index (χ1n) is 9.02. The van der Waals surface area contributed by atoms with E-state index in [9.17, 15) is 9.59 Å². The third kappa shape index (κ3) is 3.98. The molecule has 148 valence electrons. The number of rotatable bonds is 6. The molecule has 0 bridgehead atoms. The maximum atomic E-state index is 12.9. The Bertz CT molecular complexity index is 1070. The number of carbonyl (C=O) groups excluding carboxylic acids is 2. The van der Waals surface area contributed by atoms with E-state index in [1.54, 1.807) is 35.2 Å². The topological polar surface area (TPSA) is 81.7 Å². The van der Waals surface area contributed by atoms with Crippen LogP contribution in [0.4, 0.5) is 17.1 Å². The van der Waals surface area contributed by atoms with Crippen molar-refractivity contribution in [3.05, 3.63) is 74.9 Å². The highest BCUT2D eigenvalue weighted by atomic mass is 35.5. The molecule has 2 amide bonds. The molecule has 1 aliphatic rings. The van der Waals surface area contributed by atoms with Crippen molar-refractivity contribution in [3.63, 3.8) is 0 Å². The van der Waals surface area contributed by atoms with Gasteiger partial charge in [-0.05, 0) is 48.5 Å². The second kappa shape index (κ2) is 8.24. The number of benzene rings is 2. The first-order chi connectivity index (χ1) is 14.1. The molecule has 4 rings (SSSR count). The average Bonchev–Trinajstić information content (AvgIpc) is 3.31. The van der Waals surface area contributed by atoms with Gasteiger partial charge in [-0.1, -0.05) is 17.7 Å². The van der Waals surface area contributed by atoms with E-state index in [4.69, 9.17) is 16.7 Å². The van der Waals surface area contributed by atoms with Gasteiger partial charge in [0, 0.05) is 34.7 Å². The van der Waals surface area contributed by atoms with Gasteiger partial charge in [0.15, 0.2) is 0 Å². The van der Waals surface area contributed by atoms with E-state index in [1.807, 2.05) is 24.3 Å². The lowest BCUT2D eigenvalue weighted by atomic mass is 10.1. The predicted molar refractivity (Wildman–Crippen MR) is 116 cm³/mol. The fraction of sp³-hybridized carbons (Fsp3) is 0.143. The summed E-state index contributed by atoms with van der Waals surface area (Å²) in [6.45, 7) is 0.888. The molecule has 2 aromatic carbocycles.